The van der Waals surface area contributed by atoms with Crippen molar-refractivity contribution < 1.29 is 4.79 Å². The number of hydrogen-bond donors (Lipinski definition) is 0. The van der Waals surface area contributed by atoms with E-state index in [-0.39, 0.29) is 11.3 Å². The maximum atomic E-state index is 12.6. The normalized spacial score (nSPS) is 11.2. The fraction of sp³-hybridized carbons (Fsp3) is 0.278. The topological polar surface area (TPSA) is 20.3 Å². The van der Waals surface area contributed by atoms with Crippen LogP contribution < -0.4 is 4.90 Å². The van der Waals surface area contributed by atoms with Crippen molar-refractivity contribution in [3.05, 3.63) is 65.7 Å². The van der Waals surface area contributed by atoms with E-state index < -0.39 is 0 Å². The molecule has 0 aliphatic carbocycles. The predicted molar refractivity (Wildman–Crippen MR) is 84.3 cm³/mol. The molecule has 0 heterocycles. The van der Waals surface area contributed by atoms with Gasteiger partial charge in [-0.3, -0.25) is 4.79 Å². The third-order valence-corrected chi connectivity index (χ3v) is 3.40. The molecule has 2 aromatic carbocycles. The molecule has 0 radical (unpaired) electrons. The minimum atomic E-state index is 0.00181. The first-order valence-electron chi connectivity index (χ1n) is 6.84. The highest BCUT2D eigenvalue weighted by atomic mass is 16.2. The number of hydrogen-bond acceptors (Lipinski definition) is 1. The van der Waals surface area contributed by atoms with Crippen LogP contribution in [0.25, 0.3) is 0 Å². The molecule has 2 heteroatoms. The SMILES string of the molecule is CN(C(=O)c1ccccc1)c1ccccc1C(C)(C)C. The average molecular weight is 267 g/mol. The van der Waals surface area contributed by atoms with E-state index in [0.29, 0.717) is 5.56 Å². The third kappa shape index (κ3) is 2.90. The van der Waals surface area contributed by atoms with Gasteiger partial charge in [0.1, 0.15) is 0 Å². The highest BCUT2D eigenvalue weighted by Crippen LogP contribution is 2.31. The molecular weight excluding hydrogens is 246 g/mol. The Balaban J connectivity index is 2.40. The Hall–Kier alpha value is -2.09. The molecule has 0 aliphatic rings. The van der Waals surface area contributed by atoms with E-state index in [9.17, 15) is 4.79 Å². The van der Waals surface area contributed by atoms with Gasteiger partial charge in [-0.1, -0.05) is 57.2 Å². The van der Waals surface area contributed by atoms with Crippen molar-refractivity contribution in [3.63, 3.8) is 0 Å². The lowest BCUT2D eigenvalue weighted by Crippen LogP contribution is -2.29. The van der Waals surface area contributed by atoms with Gasteiger partial charge in [0, 0.05) is 18.3 Å². The molecule has 0 aromatic heterocycles. The quantitative estimate of drug-likeness (QED) is 0.796. The van der Waals surface area contributed by atoms with Gasteiger partial charge in [-0.2, -0.15) is 0 Å². The van der Waals surface area contributed by atoms with Crippen molar-refractivity contribution in [3.8, 4) is 0 Å². The monoisotopic (exact) mass is 267 g/mol. The van der Waals surface area contributed by atoms with E-state index in [2.05, 4.69) is 26.8 Å². The fourth-order valence-electron chi connectivity index (χ4n) is 2.28. The zero-order valence-electron chi connectivity index (χ0n) is 12.6. The molecule has 2 aromatic rings. The number of nitrogens with zero attached hydrogens (tertiary/aromatic N) is 1. The molecular formula is C18H21NO. The Morgan fingerprint density at radius 1 is 0.900 bits per heavy atom. The Labute approximate surface area is 121 Å². The molecule has 0 fully saturated rings. The van der Waals surface area contributed by atoms with Gasteiger partial charge in [0.15, 0.2) is 0 Å². The van der Waals surface area contributed by atoms with Crippen LogP contribution in [-0.4, -0.2) is 13.0 Å². The van der Waals surface area contributed by atoms with Gasteiger partial charge < -0.3 is 4.90 Å². The fourth-order valence-corrected chi connectivity index (χ4v) is 2.28. The summed E-state index contributed by atoms with van der Waals surface area (Å²) >= 11 is 0. The molecule has 0 aliphatic heterocycles. The summed E-state index contributed by atoms with van der Waals surface area (Å²) in [5, 5.41) is 0. The first kappa shape index (κ1) is 14.3. The van der Waals surface area contributed by atoms with Crippen LogP contribution in [0.3, 0.4) is 0 Å². The van der Waals surface area contributed by atoms with E-state index >= 15 is 0 Å². The number of para-hydroxylation sites is 1. The minimum absolute atomic E-state index is 0.00181. The van der Waals surface area contributed by atoms with Crippen LogP contribution in [0, 0.1) is 0 Å². The van der Waals surface area contributed by atoms with Gasteiger partial charge in [0.2, 0.25) is 0 Å². The highest BCUT2D eigenvalue weighted by Gasteiger charge is 2.22. The molecule has 0 spiro atoms. The molecule has 1 amide bonds. The summed E-state index contributed by atoms with van der Waals surface area (Å²) in [6, 6.07) is 17.5. The summed E-state index contributed by atoms with van der Waals surface area (Å²) in [7, 11) is 1.83. The van der Waals surface area contributed by atoms with Gasteiger partial charge in [0.05, 0.1) is 0 Å². The van der Waals surface area contributed by atoms with Crippen LogP contribution in [0.5, 0.6) is 0 Å². The molecule has 0 unspecified atom stereocenters. The van der Waals surface area contributed by atoms with Crippen LogP contribution in [0.2, 0.25) is 0 Å². The van der Waals surface area contributed by atoms with Gasteiger partial charge >= 0.3 is 0 Å². The largest absolute Gasteiger partial charge is 0.311 e. The summed E-state index contributed by atoms with van der Waals surface area (Å²) in [5.41, 5.74) is 2.85. The minimum Gasteiger partial charge on any atom is -0.311 e. The zero-order chi connectivity index (χ0) is 14.8. The first-order chi connectivity index (χ1) is 9.41. The van der Waals surface area contributed by atoms with Gasteiger partial charge in [-0.25, -0.2) is 0 Å². The van der Waals surface area contributed by atoms with Crippen molar-refractivity contribution in [2.75, 3.05) is 11.9 Å². The molecule has 0 saturated carbocycles. The lowest BCUT2D eigenvalue weighted by molar-refractivity contribution is 0.0992. The zero-order valence-corrected chi connectivity index (χ0v) is 12.6. The maximum absolute atomic E-state index is 12.6. The van der Waals surface area contributed by atoms with E-state index in [1.165, 1.54) is 5.56 Å². The molecule has 0 N–H and O–H groups in total. The van der Waals surface area contributed by atoms with Crippen LogP contribution in [-0.2, 0) is 5.41 Å². The number of carbonyl (C=O) groups excluding carboxylic acids is 1. The molecule has 0 saturated heterocycles. The van der Waals surface area contributed by atoms with Crippen LogP contribution in [0.15, 0.2) is 54.6 Å². The predicted octanol–water partition coefficient (Wildman–Crippen LogP) is 4.26. The van der Waals surface area contributed by atoms with Crippen molar-refractivity contribution in [2.45, 2.75) is 26.2 Å². The Kier molecular flexibility index (Phi) is 3.93. The summed E-state index contributed by atoms with van der Waals surface area (Å²) in [4.78, 5) is 14.3. The molecule has 2 rings (SSSR count). The van der Waals surface area contributed by atoms with Crippen LogP contribution in [0.1, 0.15) is 36.7 Å². The first-order valence-corrected chi connectivity index (χ1v) is 6.84. The van der Waals surface area contributed by atoms with E-state index in [1.54, 1.807) is 4.90 Å². The average Bonchev–Trinajstić information content (AvgIpc) is 2.46. The molecule has 20 heavy (non-hydrogen) atoms. The number of carbonyl (C=O) groups is 1. The van der Waals surface area contributed by atoms with Crippen molar-refractivity contribution in [1.82, 2.24) is 0 Å². The third-order valence-electron chi connectivity index (χ3n) is 3.40. The van der Waals surface area contributed by atoms with Crippen LogP contribution >= 0.6 is 0 Å². The summed E-state index contributed by atoms with van der Waals surface area (Å²) in [6.07, 6.45) is 0. The van der Waals surface area contributed by atoms with E-state index in [0.717, 1.165) is 5.69 Å². The smallest absolute Gasteiger partial charge is 0.258 e. The summed E-state index contributed by atoms with van der Waals surface area (Å²) in [6.45, 7) is 6.48. The Morgan fingerprint density at radius 2 is 1.45 bits per heavy atom. The lowest BCUT2D eigenvalue weighted by atomic mass is 9.85. The Bertz CT molecular complexity index is 596. The van der Waals surface area contributed by atoms with Crippen molar-refractivity contribution >= 4 is 11.6 Å². The summed E-state index contributed by atoms with van der Waals surface area (Å²) in [5.74, 6) is 0.0160. The second-order valence-corrected chi connectivity index (χ2v) is 6.00. The van der Waals surface area contributed by atoms with Gasteiger partial charge in [-0.05, 0) is 29.2 Å². The molecule has 0 atom stereocenters. The summed E-state index contributed by atoms with van der Waals surface area (Å²) < 4.78 is 0. The number of anilines is 1. The van der Waals surface area contributed by atoms with E-state index in [1.807, 2.05) is 55.6 Å². The Morgan fingerprint density at radius 3 is 2.05 bits per heavy atom. The number of amides is 1. The second-order valence-electron chi connectivity index (χ2n) is 6.00. The number of benzene rings is 2. The maximum Gasteiger partial charge on any atom is 0.258 e. The lowest BCUT2D eigenvalue weighted by Gasteiger charge is -2.27. The van der Waals surface area contributed by atoms with Gasteiger partial charge in [-0.15, -0.1) is 0 Å². The van der Waals surface area contributed by atoms with Crippen molar-refractivity contribution in [2.24, 2.45) is 0 Å². The molecule has 0 bridgehead atoms. The standard InChI is InChI=1S/C18H21NO/c1-18(2,3)15-12-8-9-13-16(15)19(4)17(20)14-10-6-5-7-11-14/h5-13H,1-4H3. The van der Waals surface area contributed by atoms with E-state index in [4.69, 9.17) is 0 Å². The number of rotatable bonds is 2. The second kappa shape index (κ2) is 5.49. The van der Waals surface area contributed by atoms with Crippen LogP contribution in [0.4, 0.5) is 5.69 Å². The van der Waals surface area contributed by atoms with Gasteiger partial charge in [0.25, 0.3) is 5.91 Å². The molecule has 104 valence electrons. The highest BCUT2D eigenvalue weighted by molar-refractivity contribution is 6.06. The molecule has 2 nitrogen and oxygen atoms in total. The van der Waals surface area contributed by atoms with Crippen molar-refractivity contribution in [1.29, 1.82) is 0 Å².